The highest BCUT2D eigenvalue weighted by molar-refractivity contribution is 6.06. The van der Waals surface area contributed by atoms with E-state index in [9.17, 15) is 14.7 Å². The number of rotatable bonds is 7. The molecule has 3 N–H and O–H groups in total. The van der Waals surface area contributed by atoms with Crippen LogP contribution in [-0.2, 0) is 12.0 Å². The number of phenolic OH excluding ortho intramolecular Hbond substituents is 1. The fourth-order valence-corrected chi connectivity index (χ4v) is 3.93. The molecule has 2 heterocycles. The van der Waals surface area contributed by atoms with Gasteiger partial charge < -0.3 is 25.0 Å². The fraction of sp³-hybridized carbons (Fsp3) is 0.440. The summed E-state index contributed by atoms with van der Waals surface area (Å²) in [6, 6.07) is 5.12. The second-order valence-corrected chi connectivity index (χ2v) is 9.52. The third-order valence-corrected chi connectivity index (χ3v) is 5.75. The van der Waals surface area contributed by atoms with Crippen molar-refractivity contribution in [1.82, 2.24) is 15.2 Å². The van der Waals surface area contributed by atoms with Gasteiger partial charge in [-0.25, -0.2) is 4.98 Å². The van der Waals surface area contributed by atoms with E-state index in [0.717, 1.165) is 5.56 Å². The first-order valence-electron chi connectivity index (χ1n) is 11.2. The second kappa shape index (κ2) is 9.32. The zero-order chi connectivity index (χ0) is 25.4. The Morgan fingerprint density at radius 1 is 1.26 bits per heavy atom. The Morgan fingerprint density at radius 3 is 2.50 bits per heavy atom. The molecule has 0 aliphatic carbocycles. The number of hydrogen-bond donors (Lipinski definition) is 3. The summed E-state index contributed by atoms with van der Waals surface area (Å²) in [7, 11) is 5.14. The van der Waals surface area contributed by atoms with Crippen LogP contribution in [-0.4, -0.2) is 66.8 Å². The van der Waals surface area contributed by atoms with Crippen molar-refractivity contribution in [3.05, 3.63) is 46.3 Å². The fourth-order valence-electron chi connectivity index (χ4n) is 3.93. The summed E-state index contributed by atoms with van der Waals surface area (Å²) in [6.45, 7) is 8.41. The molecule has 1 aliphatic heterocycles. The molecule has 0 spiro atoms. The largest absolute Gasteiger partial charge is 0.505 e. The number of phenols is 1. The van der Waals surface area contributed by atoms with Crippen molar-refractivity contribution in [2.75, 3.05) is 39.2 Å². The predicted octanol–water partition coefficient (Wildman–Crippen LogP) is 2.93. The lowest BCUT2D eigenvalue weighted by atomic mass is 9.84. The number of anilines is 1. The average Bonchev–Trinajstić information content (AvgIpc) is 3.06. The topological polar surface area (TPSA) is 119 Å². The molecule has 0 saturated heterocycles. The lowest BCUT2D eigenvalue weighted by Gasteiger charge is -2.26. The lowest BCUT2D eigenvalue weighted by molar-refractivity contribution is 0.0949. The second-order valence-electron chi connectivity index (χ2n) is 9.52. The maximum Gasteiger partial charge on any atom is 0.273 e. The van der Waals surface area contributed by atoms with Crippen LogP contribution < -0.4 is 15.0 Å². The van der Waals surface area contributed by atoms with Gasteiger partial charge in [0, 0.05) is 44.4 Å². The highest BCUT2D eigenvalue weighted by atomic mass is 16.5. The average molecular weight is 468 g/mol. The summed E-state index contributed by atoms with van der Waals surface area (Å²) in [4.78, 5) is 33.4. The van der Waals surface area contributed by atoms with Crippen LogP contribution in [0.15, 0.2) is 18.2 Å². The van der Waals surface area contributed by atoms with Gasteiger partial charge in [0.15, 0.2) is 17.2 Å². The molecule has 0 fully saturated rings. The third kappa shape index (κ3) is 4.69. The SMILES string of the molecule is CCOc1cc2c(nc1C(=O)NC)C(=N)N(CC(=O)c1cc(N(C)C)c(O)c(C(C)(C)C)c1)C2. The number of aromatic nitrogens is 1. The Balaban J connectivity index is 1.93. The number of aromatic hydroxyl groups is 1. The number of ketones is 1. The molecular weight excluding hydrogens is 434 g/mol. The van der Waals surface area contributed by atoms with Crippen molar-refractivity contribution >= 4 is 23.2 Å². The van der Waals surface area contributed by atoms with Gasteiger partial charge in [-0.1, -0.05) is 20.8 Å². The minimum absolute atomic E-state index is 0.0320. The van der Waals surface area contributed by atoms with E-state index in [0.29, 0.717) is 41.4 Å². The zero-order valence-corrected chi connectivity index (χ0v) is 20.9. The van der Waals surface area contributed by atoms with Gasteiger partial charge in [0.1, 0.15) is 17.3 Å². The normalized spacial score (nSPS) is 13.0. The van der Waals surface area contributed by atoms with Crippen LogP contribution in [0.4, 0.5) is 5.69 Å². The van der Waals surface area contributed by atoms with E-state index in [-0.39, 0.29) is 35.0 Å². The standard InChI is InChI=1S/C25H33N5O4/c1-8-34-19-11-15-12-30(23(26)20(15)28-21(19)24(33)27-5)13-18(31)14-9-16(25(2,3)4)22(32)17(10-14)29(6)7/h9-11,26,32H,8,12-13H2,1-7H3,(H,27,33). The summed E-state index contributed by atoms with van der Waals surface area (Å²) in [5, 5.41) is 21.9. The number of benzene rings is 1. The van der Waals surface area contributed by atoms with Crippen molar-refractivity contribution in [3.63, 3.8) is 0 Å². The van der Waals surface area contributed by atoms with E-state index in [4.69, 9.17) is 10.1 Å². The minimum atomic E-state index is -0.399. The molecule has 2 aromatic rings. The summed E-state index contributed by atoms with van der Waals surface area (Å²) < 4.78 is 5.59. The first-order chi connectivity index (χ1) is 15.9. The molecule has 0 atom stereocenters. The molecule has 0 radical (unpaired) electrons. The van der Waals surface area contributed by atoms with Crippen LogP contribution in [0.2, 0.25) is 0 Å². The van der Waals surface area contributed by atoms with Crippen LogP contribution in [0, 0.1) is 5.41 Å². The molecule has 1 aromatic heterocycles. The third-order valence-electron chi connectivity index (χ3n) is 5.75. The molecule has 1 aliphatic rings. The van der Waals surface area contributed by atoms with E-state index in [1.165, 1.54) is 7.05 Å². The molecule has 9 heteroatoms. The number of nitrogens with zero attached hydrogens (tertiary/aromatic N) is 3. The van der Waals surface area contributed by atoms with Crippen LogP contribution in [0.1, 0.15) is 65.4 Å². The predicted molar refractivity (Wildman–Crippen MR) is 131 cm³/mol. The zero-order valence-electron chi connectivity index (χ0n) is 20.9. The maximum atomic E-state index is 13.3. The van der Waals surface area contributed by atoms with E-state index >= 15 is 0 Å². The van der Waals surface area contributed by atoms with Gasteiger partial charge in [-0.15, -0.1) is 0 Å². The minimum Gasteiger partial charge on any atom is -0.505 e. The highest BCUT2D eigenvalue weighted by Crippen LogP contribution is 2.39. The Bertz CT molecular complexity index is 1150. The number of hydrogen-bond acceptors (Lipinski definition) is 7. The van der Waals surface area contributed by atoms with Crippen LogP contribution in [0.25, 0.3) is 0 Å². The van der Waals surface area contributed by atoms with Crippen LogP contribution in [0.5, 0.6) is 11.5 Å². The Labute approximate surface area is 200 Å². The molecule has 1 aromatic carbocycles. The van der Waals surface area contributed by atoms with Crippen LogP contribution >= 0.6 is 0 Å². The molecule has 9 nitrogen and oxygen atoms in total. The molecular formula is C25H33N5O4. The van der Waals surface area contributed by atoms with Gasteiger partial charge in [-0.2, -0.15) is 0 Å². The van der Waals surface area contributed by atoms with Gasteiger partial charge in [0.2, 0.25) is 0 Å². The Kier molecular flexibility index (Phi) is 6.86. The molecule has 182 valence electrons. The number of fused-ring (bicyclic) bond motifs is 1. The highest BCUT2D eigenvalue weighted by Gasteiger charge is 2.31. The van der Waals surface area contributed by atoms with Crippen molar-refractivity contribution in [2.45, 2.75) is 39.7 Å². The summed E-state index contributed by atoms with van der Waals surface area (Å²) >= 11 is 0. The molecule has 0 unspecified atom stereocenters. The quantitative estimate of drug-likeness (QED) is 0.536. The van der Waals surface area contributed by atoms with Crippen molar-refractivity contribution < 1.29 is 19.4 Å². The van der Waals surface area contributed by atoms with Gasteiger partial charge in [-0.05, 0) is 30.5 Å². The van der Waals surface area contributed by atoms with Gasteiger partial charge in [0.25, 0.3) is 5.91 Å². The summed E-state index contributed by atoms with van der Waals surface area (Å²) in [5.74, 6) is 0.0147. The monoisotopic (exact) mass is 467 g/mol. The molecule has 0 bridgehead atoms. The number of amides is 1. The Hall–Kier alpha value is -3.62. The van der Waals surface area contributed by atoms with E-state index in [1.54, 1.807) is 28.0 Å². The van der Waals surface area contributed by atoms with E-state index in [1.807, 2.05) is 41.8 Å². The van der Waals surface area contributed by atoms with Crippen molar-refractivity contribution in [3.8, 4) is 11.5 Å². The molecule has 3 rings (SSSR count). The number of amidine groups is 1. The van der Waals surface area contributed by atoms with E-state index < -0.39 is 5.91 Å². The smallest absolute Gasteiger partial charge is 0.273 e. The molecule has 34 heavy (non-hydrogen) atoms. The number of nitrogens with one attached hydrogen (secondary N) is 2. The molecule has 1 amide bonds. The first kappa shape index (κ1) is 25.0. The number of pyridine rings is 1. The van der Waals surface area contributed by atoms with Gasteiger partial charge in [0.05, 0.1) is 18.8 Å². The van der Waals surface area contributed by atoms with Gasteiger partial charge in [-0.3, -0.25) is 15.0 Å². The van der Waals surface area contributed by atoms with Crippen LogP contribution in [0.3, 0.4) is 0 Å². The van der Waals surface area contributed by atoms with Crippen molar-refractivity contribution in [1.29, 1.82) is 5.41 Å². The van der Waals surface area contributed by atoms with Crippen molar-refractivity contribution in [2.24, 2.45) is 0 Å². The maximum absolute atomic E-state index is 13.3. The number of carbonyl (C=O) groups is 2. The Morgan fingerprint density at radius 2 is 1.94 bits per heavy atom. The number of carbonyl (C=O) groups excluding carboxylic acids is 2. The summed E-state index contributed by atoms with van der Waals surface area (Å²) in [6.07, 6.45) is 0. The summed E-state index contributed by atoms with van der Waals surface area (Å²) in [5.41, 5.74) is 2.55. The lowest BCUT2D eigenvalue weighted by Crippen LogP contribution is -2.31. The van der Waals surface area contributed by atoms with Gasteiger partial charge >= 0.3 is 0 Å². The number of Topliss-reactive ketones (excluding diaryl/α,β-unsaturated/α-hetero) is 1. The number of ether oxygens (including phenoxy) is 1. The first-order valence-corrected chi connectivity index (χ1v) is 11.2. The van der Waals surface area contributed by atoms with E-state index in [2.05, 4.69) is 10.3 Å². The molecule has 0 saturated carbocycles.